The molecular formula is C58H37NOS. The van der Waals surface area contributed by atoms with E-state index in [0.29, 0.717) is 0 Å². The molecule has 0 amide bonds. The van der Waals surface area contributed by atoms with Gasteiger partial charge in [0.2, 0.25) is 0 Å². The van der Waals surface area contributed by atoms with Crippen molar-refractivity contribution in [1.29, 1.82) is 0 Å². The standard InChI is InChI=1S/C58H37NOS/c1-3-13-38(14-4-1)44-31-34-49-50-22-12-23-53(57(50)60-54(49)37-44)59(52-36-35-48(42-15-5-2-6-16-42)58-56(52)51-20-9-10-24-55(51)61-58)45-32-29-40(30-33-45)39-25-27-43(28-26-39)47-21-11-18-41-17-7-8-19-46(41)47/h1-37H. The molecule has 0 aliphatic heterocycles. The number of furan rings is 1. The van der Waals surface area contributed by atoms with Gasteiger partial charge in [-0.15, -0.1) is 11.3 Å². The maximum Gasteiger partial charge on any atom is 0.159 e. The SMILES string of the molecule is c1ccc(-c2ccc3c(c2)oc2c(N(c4ccc(-c5ccc(-c6cccc7ccccc67)cc5)cc4)c4ccc(-c5ccccc5)c5sc6ccccc6c45)cccc23)cc1. The number of nitrogens with zero attached hydrogens (tertiary/aromatic N) is 1. The Hall–Kier alpha value is -7.72. The monoisotopic (exact) mass is 795 g/mol. The van der Waals surface area contributed by atoms with Gasteiger partial charge in [-0.05, 0) is 97.7 Å². The molecule has 0 radical (unpaired) electrons. The van der Waals surface area contributed by atoms with E-state index < -0.39 is 0 Å². The summed E-state index contributed by atoms with van der Waals surface area (Å²) in [6.07, 6.45) is 0. The van der Waals surface area contributed by atoms with Gasteiger partial charge in [-0.1, -0.05) is 182 Å². The largest absolute Gasteiger partial charge is 0.454 e. The molecule has 2 heterocycles. The fourth-order valence-electron chi connectivity index (χ4n) is 9.14. The van der Waals surface area contributed by atoms with Crippen LogP contribution in [0.4, 0.5) is 17.1 Å². The maximum absolute atomic E-state index is 6.97. The number of para-hydroxylation sites is 1. The van der Waals surface area contributed by atoms with Crippen LogP contribution in [0.5, 0.6) is 0 Å². The number of thiophene rings is 1. The lowest BCUT2D eigenvalue weighted by molar-refractivity contribution is 0.669. The average molecular weight is 796 g/mol. The summed E-state index contributed by atoms with van der Waals surface area (Å²) in [5.74, 6) is 0. The minimum Gasteiger partial charge on any atom is -0.454 e. The molecule has 0 saturated carbocycles. The lowest BCUT2D eigenvalue weighted by Crippen LogP contribution is -2.10. The first-order chi connectivity index (χ1) is 30.2. The molecule has 2 aromatic heterocycles. The Balaban J connectivity index is 1.03. The molecule has 0 fully saturated rings. The van der Waals surface area contributed by atoms with Crippen molar-refractivity contribution < 1.29 is 4.42 Å². The minimum absolute atomic E-state index is 0.857. The van der Waals surface area contributed by atoms with Crippen molar-refractivity contribution in [2.24, 2.45) is 0 Å². The molecule has 286 valence electrons. The molecule has 61 heavy (non-hydrogen) atoms. The third-order valence-corrected chi connectivity index (χ3v) is 13.3. The summed E-state index contributed by atoms with van der Waals surface area (Å²) < 4.78 is 9.50. The predicted octanol–water partition coefficient (Wildman–Crippen LogP) is 17.2. The molecule has 0 aliphatic carbocycles. The summed E-state index contributed by atoms with van der Waals surface area (Å²) in [6.45, 7) is 0. The van der Waals surface area contributed by atoms with Crippen LogP contribution in [0.25, 0.3) is 97.4 Å². The van der Waals surface area contributed by atoms with Gasteiger partial charge >= 0.3 is 0 Å². The number of anilines is 3. The summed E-state index contributed by atoms with van der Waals surface area (Å²) in [4.78, 5) is 2.41. The highest BCUT2D eigenvalue weighted by Gasteiger charge is 2.24. The van der Waals surface area contributed by atoms with Gasteiger partial charge in [0.05, 0.1) is 11.4 Å². The van der Waals surface area contributed by atoms with Gasteiger partial charge < -0.3 is 9.32 Å². The van der Waals surface area contributed by atoms with Crippen LogP contribution >= 0.6 is 11.3 Å². The maximum atomic E-state index is 6.97. The van der Waals surface area contributed by atoms with Gasteiger partial charge in [-0.25, -0.2) is 0 Å². The normalized spacial score (nSPS) is 11.6. The molecule has 12 rings (SSSR count). The molecule has 0 spiro atoms. The van der Waals surface area contributed by atoms with Gasteiger partial charge in [-0.3, -0.25) is 0 Å². The summed E-state index contributed by atoms with van der Waals surface area (Å²) in [5, 5.41) is 7.18. The van der Waals surface area contributed by atoms with Crippen molar-refractivity contribution in [3.8, 4) is 44.5 Å². The molecule has 0 saturated heterocycles. The van der Waals surface area contributed by atoms with E-state index in [1.807, 2.05) is 11.3 Å². The second kappa shape index (κ2) is 14.5. The van der Waals surface area contributed by atoms with E-state index in [9.17, 15) is 0 Å². The molecule has 2 nitrogen and oxygen atoms in total. The van der Waals surface area contributed by atoms with Crippen molar-refractivity contribution in [3.63, 3.8) is 0 Å². The highest BCUT2D eigenvalue weighted by atomic mass is 32.1. The Bertz CT molecular complexity index is 3560. The smallest absolute Gasteiger partial charge is 0.159 e. The van der Waals surface area contributed by atoms with Gasteiger partial charge in [0.1, 0.15) is 5.58 Å². The van der Waals surface area contributed by atoms with Gasteiger partial charge in [0, 0.05) is 36.6 Å². The molecule has 0 N–H and O–H groups in total. The van der Waals surface area contributed by atoms with Crippen LogP contribution in [0.3, 0.4) is 0 Å². The second-order valence-electron chi connectivity index (χ2n) is 15.6. The van der Waals surface area contributed by atoms with E-state index in [4.69, 9.17) is 4.42 Å². The van der Waals surface area contributed by atoms with Crippen LogP contribution in [0.1, 0.15) is 0 Å². The summed E-state index contributed by atoms with van der Waals surface area (Å²) in [7, 11) is 0. The third kappa shape index (κ3) is 6.01. The molecular weight excluding hydrogens is 759 g/mol. The Labute approximate surface area is 357 Å². The van der Waals surface area contributed by atoms with Crippen molar-refractivity contribution in [2.45, 2.75) is 0 Å². The zero-order chi connectivity index (χ0) is 40.3. The molecule has 0 bridgehead atoms. The average Bonchev–Trinajstić information content (AvgIpc) is 3.92. The molecule has 12 aromatic rings. The van der Waals surface area contributed by atoms with Crippen LogP contribution in [0.2, 0.25) is 0 Å². The first-order valence-electron chi connectivity index (χ1n) is 20.7. The molecule has 3 heteroatoms. The Kier molecular flexibility index (Phi) is 8.39. The van der Waals surface area contributed by atoms with E-state index in [1.165, 1.54) is 64.3 Å². The minimum atomic E-state index is 0.857. The third-order valence-electron chi connectivity index (χ3n) is 12.1. The van der Waals surface area contributed by atoms with E-state index in [2.05, 4.69) is 229 Å². The topological polar surface area (TPSA) is 16.4 Å². The second-order valence-corrected chi connectivity index (χ2v) is 16.7. The van der Waals surface area contributed by atoms with Crippen molar-refractivity contribution >= 4 is 81.3 Å². The van der Waals surface area contributed by atoms with E-state index in [1.54, 1.807) is 0 Å². The van der Waals surface area contributed by atoms with Gasteiger partial charge in [0.25, 0.3) is 0 Å². The lowest BCUT2D eigenvalue weighted by atomic mass is 9.96. The molecule has 0 aliphatic rings. The summed E-state index contributed by atoms with van der Waals surface area (Å²) in [6, 6.07) is 81.0. The van der Waals surface area contributed by atoms with E-state index in [0.717, 1.165) is 50.1 Å². The fourth-order valence-corrected chi connectivity index (χ4v) is 10.4. The fraction of sp³-hybridized carbons (Fsp3) is 0. The summed E-state index contributed by atoms with van der Waals surface area (Å²) >= 11 is 1.86. The Morgan fingerprint density at radius 1 is 0.361 bits per heavy atom. The van der Waals surface area contributed by atoms with Crippen molar-refractivity contribution in [1.82, 2.24) is 0 Å². The molecule has 0 atom stereocenters. The highest BCUT2D eigenvalue weighted by Crippen LogP contribution is 2.50. The van der Waals surface area contributed by atoms with Crippen LogP contribution < -0.4 is 4.90 Å². The molecule has 0 unspecified atom stereocenters. The lowest BCUT2D eigenvalue weighted by Gasteiger charge is -2.27. The summed E-state index contributed by atoms with van der Waals surface area (Å²) in [5.41, 5.74) is 14.4. The number of hydrogen-bond acceptors (Lipinski definition) is 3. The van der Waals surface area contributed by atoms with Crippen LogP contribution in [-0.2, 0) is 0 Å². The van der Waals surface area contributed by atoms with Crippen molar-refractivity contribution in [2.75, 3.05) is 4.90 Å². The number of rotatable bonds is 7. The van der Waals surface area contributed by atoms with Crippen LogP contribution in [-0.4, -0.2) is 0 Å². The van der Waals surface area contributed by atoms with Crippen LogP contribution in [0, 0.1) is 0 Å². The quantitative estimate of drug-likeness (QED) is 0.160. The zero-order valence-electron chi connectivity index (χ0n) is 33.1. The Morgan fingerprint density at radius 3 is 1.75 bits per heavy atom. The Morgan fingerprint density at radius 2 is 0.951 bits per heavy atom. The highest BCUT2D eigenvalue weighted by molar-refractivity contribution is 7.26. The van der Waals surface area contributed by atoms with E-state index >= 15 is 0 Å². The predicted molar refractivity (Wildman–Crippen MR) is 261 cm³/mol. The zero-order valence-corrected chi connectivity index (χ0v) is 33.9. The first kappa shape index (κ1) is 35.2. The van der Waals surface area contributed by atoms with Gasteiger partial charge in [-0.2, -0.15) is 0 Å². The van der Waals surface area contributed by atoms with Crippen LogP contribution in [0.15, 0.2) is 229 Å². The number of hydrogen-bond donors (Lipinski definition) is 0. The number of benzene rings is 10. The first-order valence-corrected chi connectivity index (χ1v) is 21.6. The van der Waals surface area contributed by atoms with E-state index in [-0.39, 0.29) is 0 Å². The number of fused-ring (bicyclic) bond motifs is 7. The van der Waals surface area contributed by atoms with Crippen molar-refractivity contribution in [3.05, 3.63) is 224 Å². The molecule has 10 aromatic carbocycles. The van der Waals surface area contributed by atoms with Gasteiger partial charge in [0.15, 0.2) is 5.58 Å².